The van der Waals surface area contributed by atoms with Crippen LogP contribution in [0.4, 0.5) is 0 Å². The first-order valence-electron chi connectivity index (χ1n) is 7.92. The van der Waals surface area contributed by atoms with Crippen molar-refractivity contribution in [3.05, 3.63) is 59.7 Å². The molecule has 7 nitrogen and oxygen atoms in total. The van der Waals surface area contributed by atoms with Crippen LogP contribution < -0.4 is 10.1 Å². The first kappa shape index (κ1) is 16.6. The minimum Gasteiger partial charge on any atom is -0.487 e. The number of carbonyl (C=O) groups excluding carboxylic acids is 1. The Hall–Kier alpha value is -3.22. The van der Waals surface area contributed by atoms with Crippen LogP contribution in [0.3, 0.4) is 0 Å². The topological polar surface area (TPSA) is 90.1 Å². The fraction of sp³-hybridized carbons (Fsp3) is 0.222. The molecule has 3 aromatic heterocycles. The van der Waals surface area contributed by atoms with Gasteiger partial charge >= 0.3 is 0 Å². The monoisotopic (exact) mass is 338 g/mol. The van der Waals surface area contributed by atoms with Gasteiger partial charge in [-0.05, 0) is 38.1 Å². The molecule has 7 heteroatoms. The van der Waals surface area contributed by atoms with Crippen molar-refractivity contribution in [1.82, 2.24) is 20.4 Å². The smallest absolute Gasteiger partial charge is 0.269 e. The Balaban J connectivity index is 1.72. The zero-order valence-electron chi connectivity index (χ0n) is 14.0. The summed E-state index contributed by atoms with van der Waals surface area (Å²) in [4.78, 5) is 20.1. The predicted molar refractivity (Wildman–Crippen MR) is 91.0 cm³/mol. The summed E-state index contributed by atoms with van der Waals surface area (Å²) in [6, 6.07) is 8.93. The molecule has 0 fully saturated rings. The third-order valence-corrected chi connectivity index (χ3v) is 3.58. The number of hydrogen-bond acceptors (Lipinski definition) is 6. The average molecular weight is 338 g/mol. The normalized spacial score (nSPS) is 10.5. The Morgan fingerprint density at radius 2 is 2.12 bits per heavy atom. The molecular formula is C18H18N4O3. The fourth-order valence-electron chi connectivity index (χ4n) is 2.27. The summed E-state index contributed by atoms with van der Waals surface area (Å²) in [7, 11) is 0. The Morgan fingerprint density at radius 3 is 2.80 bits per heavy atom. The van der Waals surface area contributed by atoms with Gasteiger partial charge in [-0.1, -0.05) is 11.2 Å². The van der Waals surface area contributed by atoms with Gasteiger partial charge in [-0.3, -0.25) is 9.78 Å². The highest BCUT2D eigenvalue weighted by molar-refractivity contribution is 5.92. The average Bonchev–Trinajstić information content (AvgIpc) is 3.02. The van der Waals surface area contributed by atoms with Crippen molar-refractivity contribution in [2.24, 2.45) is 0 Å². The molecule has 0 aliphatic carbocycles. The van der Waals surface area contributed by atoms with Gasteiger partial charge in [0.2, 0.25) is 0 Å². The van der Waals surface area contributed by atoms with Crippen LogP contribution in [0.15, 0.2) is 47.2 Å². The molecule has 0 spiro atoms. The molecule has 0 saturated heterocycles. The Morgan fingerprint density at radius 1 is 1.24 bits per heavy atom. The highest BCUT2D eigenvalue weighted by Gasteiger charge is 2.16. The largest absolute Gasteiger partial charge is 0.487 e. The summed E-state index contributed by atoms with van der Waals surface area (Å²) >= 11 is 0. The Labute approximate surface area is 145 Å². The maximum atomic E-state index is 11.7. The molecule has 3 heterocycles. The summed E-state index contributed by atoms with van der Waals surface area (Å²) in [5.74, 6) is 1.02. The Kier molecular flexibility index (Phi) is 5.03. The van der Waals surface area contributed by atoms with Crippen molar-refractivity contribution in [2.45, 2.75) is 20.5 Å². The van der Waals surface area contributed by atoms with E-state index < -0.39 is 0 Å². The molecule has 25 heavy (non-hydrogen) atoms. The van der Waals surface area contributed by atoms with E-state index in [2.05, 4.69) is 20.4 Å². The maximum Gasteiger partial charge on any atom is 0.269 e. The number of aromatic nitrogens is 3. The van der Waals surface area contributed by atoms with Crippen LogP contribution in [0.1, 0.15) is 28.7 Å². The molecule has 1 amide bonds. The number of nitrogens with one attached hydrogen (secondary N) is 1. The van der Waals surface area contributed by atoms with Crippen LogP contribution in [0.5, 0.6) is 5.75 Å². The number of rotatable bonds is 6. The van der Waals surface area contributed by atoms with E-state index in [9.17, 15) is 4.79 Å². The van der Waals surface area contributed by atoms with E-state index in [0.29, 0.717) is 29.4 Å². The minimum atomic E-state index is -0.207. The third-order valence-electron chi connectivity index (χ3n) is 3.58. The minimum absolute atomic E-state index is 0.207. The molecule has 0 unspecified atom stereocenters. The SMILES string of the molecule is CCNC(=O)c1ccc(OCc2c(-c3ccccn3)noc2C)cn1. The van der Waals surface area contributed by atoms with Crippen LogP contribution in [-0.2, 0) is 6.61 Å². The van der Waals surface area contributed by atoms with E-state index >= 15 is 0 Å². The molecular weight excluding hydrogens is 320 g/mol. The number of hydrogen-bond donors (Lipinski definition) is 1. The van der Waals surface area contributed by atoms with Crippen molar-refractivity contribution in [3.63, 3.8) is 0 Å². The molecule has 0 aliphatic rings. The summed E-state index contributed by atoms with van der Waals surface area (Å²) in [5, 5.41) is 6.77. The van der Waals surface area contributed by atoms with Crippen molar-refractivity contribution in [3.8, 4) is 17.1 Å². The highest BCUT2D eigenvalue weighted by atomic mass is 16.5. The van der Waals surface area contributed by atoms with E-state index in [1.807, 2.05) is 32.0 Å². The third kappa shape index (κ3) is 3.82. The van der Waals surface area contributed by atoms with Crippen molar-refractivity contribution >= 4 is 5.91 Å². The molecule has 128 valence electrons. The number of carbonyl (C=O) groups is 1. The second-order valence-electron chi connectivity index (χ2n) is 5.31. The standard InChI is InChI=1S/C18H18N4O3/c1-3-19-18(23)16-8-7-13(10-21-16)24-11-14-12(2)25-22-17(14)15-6-4-5-9-20-15/h4-10H,3,11H2,1-2H3,(H,19,23). The lowest BCUT2D eigenvalue weighted by atomic mass is 10.1. The zero-order chi connectivity index (χ0) is 17.6. The first-order chi connectivity index (χ1) is 12.2. The molecule has 0 bridgehead atoms. The van der Waals surface area contributed by atoms with Crippen LogP contribution >= 0.6 is 0 Å². The van der Waals surface area contributed by atoms with Gasteiger partial charge in [0.15, 0.2) is 0 Å². The lowest BCUT2D eigenvalue weighted by Crippen LogP contribution is -2.23. The van der Waals surface area contributed by atoms with Crippen LogP contribution in [0.25, 0.3) is 11.4 Å². The molecule has 3 aromatic rings. The van der Waals surface area contributed by atoms with Crippen molar-refractivity contribution < 1.29 is 14.1 Å². The molecule has 0 aliphatic heterocycles. The van der Waals surface area contributed by atoms with E-state index in [1.54, 1.807) is 18.3 Å². The molecule has 0 atom stereocenters. The van der Waals surface area contributed by atoms with Gasteiger partial charge in [-0.2, -0.15) is 0 Å². The van der Waals surface area contributed by atoms with Crippen molar-refractivity contribution in [2.75, 3.05) is 6.54 Å². The number of ether oxygens (including phenoxy) is 1. The lowest BCUT2D eigenvalue weighted by molar-refractivity contribution is 0.0951. The van der Waals surface area contributed by atoms with Gasteiger partial charge < -0.3 is 14.6 Å². The van der Waals surface area contributed by atoms with Gasteiger partial charge in [0.1, 0.15) is 29.5 Å². The predicted octanol–water partition coefficient (Wildman–Crippen LogP) is 2.77. The number of nitrogens with zero attached hydrogens (tertiary/aromatic N) is 3. The second kappa shape index (κ2) is 7.57. The van der Waals surface area contributed by atoms with Crippen LogP contribution in [0.2, 0.25) is 0 Å². The maximum absolute atomic E-state index is 11.7. The van der Waals surface area contributed by atoms with E-state index in [4.69, 9.17) is 9.26 Å². The fourth-order valence-corrected chi connectivity index (χ4v) is 2.27. The van der Waals surface area contributed by atoms with E-state index in [1.165, 1.54) is 6.20 Å². The first-order valence-corrected chi connectivity index (χ1v) is 7.92. The van der Waals surface area contributed by atoms with Gasteiger partial charge in [0.25, 0.3) is 5.91 Å². The molecule has 3 rings (SSSR count). The van der Waals surface area contributed by atoms with E-state index in [-0.39, 0.29) is 12.5 Å². The van der Waals surface area contributed by atoms with Gasteiger partial charge in [-0.25, -0.2) is 4.98 Å². The van der Waals surface area contributed by atoms with Gasteiger partial charge in [0, 0.05) is 12.7 Å². The number of aryl methyl sites for hydroxylation is 1. The second-order valence-corrected chi connectivity index (χ2v) is 5.31. The lowest BCUT2D eigenvalue weighted by Gasteiger charge is -2.07. The van der Waals surface area contributed by atoms with Crippen molar-refractivity contribution in [1.29, 1.82) is 0 Å². The number of pyridine rings is 2. The van der Waals surface area contributed by atoms with Gasteiger partial charge in [0.05, 0.1) is 17.5 Å². The summed E-state index contributed by atoms with van der Waals surface area (Å²) in [6.45, 7) is 4.51. The molecule has 0 saturated carbocycles. The molecule has 1 N–H and O–H groups in total. The molecule has 0 aromatic carbocycles. The zero-order valence-corrected chi connectivity index (χ0v) is 14.0. The Bertz CT molecular complexity index is 845. The number of amides is 1. The van der Waals surface area contributed by atoms with Crippen LogP contribution in [-0.4, -0.2) is 27.6 Å². The summed E-state index contributed by atoms with van der Waals surface area (Å²) < 4.78 is 11.0. The summed E-state index contributed by atoms with van der Waals surface area (Å²) in [6.07, 6.45) is 3.22. The van der Waals surface area contributed by atoms with Crippen LogP contribution in [0, 0.1) is 6.92 Å². The van der Waals surface area contributed by atoms with Gasteiger partial charge in [-0.15, -0.1) is 0 Å². The quantitative estimate of drug-likeness (QED) is 0.743. The summed E-state index contributed by atoms with van der Waals surface area (Å²) in [5.41, 5.74) is 2.56. The highest BCUT2D eigenvalue weighted by Crippen LogP contribution is 2.24. The molecule has 0 radical (unpaired) electrons. The van der Waals surface area contributed by atoms with E-state index in [0.717, 1.165) is 11.3 Å².